The van der Waals surface area contributed by atoms with Crippen molar-refractivity contribution >= 4 is 39.2 Å². The number of ether oxygens (including phenoxy) is 1. The van der Waals surface area contributed by atoms with Gasteiger partial charge in [-0.15, -0.1) is 6.58 Å². The molecule has 0 aliphatic carbocycles. The Labute approximate surface area is 203 Å². The number of esters is 1. The van der Waals surface area contributed by atoms with E-state index in [1.165, 1.54) is 34.6 Å². The average molecular weight is 499 g/mol. The summed E-state index contributed by atoms with van der Waals surface area (Å²) in [5.74, 6) is -1.30. The first-order valence-electron chi connectivity index (χ1n) is 10.3. The van der Waals surface area contributed by atoms with Crippen LogP contribution in [0.4, 0.5) is 5.69 Å². The number of amides is 1. The number of hydrogen-bond acceptors (Lipinski definition) is 5. The van der Waals surface area contributed by atoms with Crippen molar-refractivity contribution in [1.29, 1.82) is 0 Å². The van der Waals surface area contributed by atoms with Gasteiger partial charge in [-0.25, -0.2) is 13.2 Å². The summed E-state index contributed by atoms with van der Waals surface area (Å²) in [6.07, 6.45) is 1.50. The van der Waals surface area contributed by atoms with E-state index in [4.69, 9.17) is 16.3 Å². The van der Waals surface area contributed by atoms with Gasteiger partial charge < -0.3 is 10.1 Å². The molecule has 0 fully saturated rings. The molecule has 0 atom stereocenters. The summed E-state index contributed by atoms with van der Waals surface area (Å²) in [5, 5.41) is 2.96. The van der Waals surface area contributed by atoms with Gasteiger partial charge in [-0.2, -0.15) is 0 Å². The van der Waals surface area contributed by atoms with E-state index in [-0.39, 0.29) is 23.5 Å². The van der Waals surface area contributed by atoms with Crippen molar-refractivity contribution < 1.29 is 22.7 Å². The molecule has 1 amide bonds. The standard InChI is InChI=1S/C25H23ClN2O5S/c1-2-15-27-24(29)18-33-25(30)20-9-6-10-23(16-20)34(31,32)28(17-19-7-4-3-5-8-19)22-13-11-21(26)12-14-22/h2-14,16H,1,15,17-18H2,(H,27,29). The first kappa shape index (κ1) is 25.0. The highest BCUT2D eigenvalue weighted by molar-refractivity contribution is 7.92. The molecule has 0 saturated carbocycles. The molecule has 7 nitrogen and oxygen atoms in total. The number of halogens is 1. The third kappa shape index (κ3) is 6.46. The largest absolute Gasteiger partial charge is 0.452 e. The Balaban J connectivity index is 1.89. The maximum Gasteiger partial charge on any atom is 0.338 e. The summed E-state index contributed by atoms with van der Waals surface area (Å²) >= 11 is 5.99. The molecule has 3 aromatic carbocycles. The van der Waals surface area contributed by atoms with E-state index in [9.17, 15) is 18.0 Å². The summed E-state index contributed by atoms with van der Waals surface area (Å²) in [6, 6.07) is 21.1. The minimum atomic E-state index is -4.07. The van der Waals surface area contributed by atoms with E-state index in [1.54, 1.807) is 24.3 Å². The van der Waals surface area contributed by atoms with E-state index in [1.807, 2.05) is 30.3 Å². The molecule has 9 heteroatoms. The number of nitrogens with zero attached hydrogens (tertiary/aromatic N) is 1. The maximum atomic E-state index is 13.6. The van der Waals surface area contributed by atoms with Crippen LogP contribution in [0.25, 0.3) is 0 Å². The molecule has 0 saturated heterocycles. The van der Waals surface area contributed by atoms with Crippen LogP contribution in [0.3, 0.4) is 0 Å². The van der Waals surface area contributed by atoms with Gasteiger partial charge in [-0.3, -0.25) is 9.10 Å². The molecule has 176 valence electrons. The quantitative estimate of drug-likeness (QED) is 0.334. The Bertz CT molecular complexity index is 1260. The van der Waals surface area contributed by atoms with E-state index >= 15 is 0 Å². The van der Waals surface area contributed by atoms with Crippen molar-refractivity contribution in [3.63, 3.8) is 0 Å². The second-order valence-corrected chi connectivity index (χ2v) is 9.47. The van der Waals surface area contributed by atoms with E-state index in [0.717, 1.165) is 5.56 Å². The monoisotopic (exact) mass is 498 g/mol. The molecular formula is C25H23ClN2O5S. The first-order valence-corrected chi connectivity index (χ1v) is 12.1. The predicted octanol–water partition coefficient (Wildman–Crippen LogP) is 4.19. The first-order chi connectivity index (χ1) is 16.3. The highest BCUT2D eigenvalue weighted by atomic mass is 35.5. The highest BCUT2D eigenvalue weighted by Crippen LogP contribution is 2.28. The number of anilines is 1. The zero-order valence-electron chi connectivity index (χ0n) is 18.2. The van der Waals surface area contributed by atoms with Crippen LogP contribution in [0.1, 0.15) is 15.9 Å². The Morgan fingerprint density at radius 2 is 1.71 bits per heavy atom. The van der Waals surface area contributed by atoms with Gasteiger partial charge in [0.25, 0.3) is 15.9 Å². The molecule has 0 spiro atoms. The van der Waals surface area contributed by atoms with Crippen LogP contribution in [0.5, 0.6) is 0 Å². The molecule has 0 unspecified atom stereocenters. The molecule has 0 radical (unpaired) electrons. The van der Waals surface area contributed by atoms with Crippen molar-refractivity contribution in [2.45, 2.75) is 11.4 Å². The normalized spacial score (nSPS) is 10.9. The second kappa shape index (κ2) is 11.5. The van der Waals surface area contributed by atoms with E-state index in [2.05, 4.69) is 11.9 Å². The average Bonchev–Trinajstić information content (AvgIpc) is 2.86. The third-order valence-corrected chi connectivity index (χ3v) is 6.74. The lowest BCUT2D eigenvalue weighted by atomic mass is 10.2. The van der Waals surface area contributed by atoms with Crippen LogP contribution in [-0.2, 0) is 26.1 Å². The third-order valence-electron chi connectivity index (χ3n) is 4.72. The second-order valence-electron chi connectivity index (χ2n) is 7.17. The van der Waals surface area contributed by atoms with E-state index in [0.29, 0.717) is 10.7 Å². The lowest BCUT2D eigenvalue weighted by Crippen LogP contribution is -2.31. The SMILES string of the molecule is C=CCNC(=O)COC(=O)c1cccc(S(=O)(=O)N(Cc2ccccc2)c2ccc(Cl)cc2)c1. The van der Waals surface area contributed by atoms with Crippen LogP contribution in [0, 0.1) is 0 Å². The molecule has 1 N–H and O–H groups in total. The fraction of sp³-hybridized carbons (Fsp3) is 0.120. The molecule has 0 bridgehead atoms. The molecule has 0 heterocycles. The molecular weight excluding hydrogens is 476 g/mol. The van der Waals surface area contributed by atoms with Gasteiger partial charge in [0.05, 0.1) is 22.7 Å². The van der Waals surface area contributed by atoms with Gasteiger partial charge in [0, 0.05) is 11.6 Å². The number of carbonyl (C=O) groups excluding carboxylic acids is 2. The number of nitrogens with one attached hydrogen (secondary N) is 1. The van der Waals surface area contributed by atoms with Crippen molar-refractivity contribution in [1.82, 2.24) is 5.32 Å². The maximum absolute atomic E-state index is 13.6. The van der Waals surface area contributed by atoms with Crippen LogP contribution in [0.2, 0.25) is 5.02 Å². The summed E-state index contributed by atoms with van der Waals surface area (Å²) in [4.78, 5) is 24.0. The molecule has 3 rings (SSSR count). The summed E-state index contributed by atoms with van der Waals surface area (Å²) in [7, 11) is -4.07. The van der Waals surface area contributed by atoms with Gasteiger partial charge in [0.15, 0.2) is 6.61 Å². The number of rotatable bonds is 10. The van der Waals surface area contributed by atoms with Crippen molar-refractivity contribution in [3.05, 3.63) is 108 Å². The zero-order valence-corrected chi connectivity index (χ0v) is 19.8. The van der Waals surface area contributed by atoms with Crippen molar-refractivity contribution in [3.8, 4) is 0 Å². The Morgan fingerprint density at radius 1 is 1.00 bits per heavy atom. The van der Waals surface area contributed by atoms with Crippen molar-refractivity contribution in [2.75, 3.05) is 17.5 Å². The van der Waals surface area contributed by atoms with E-state index < -0.39 is 28.5 Å². The smallest absolute Gasteiger partial charge is 0.338 e. The Kier molecular flexibility index (Phi) is 8.45. The summed E-state index contributed by atoms with van der Waals surface area (Å²) in [6.45, 7) is 3.31. The van der Waals surface area contributed by atoms with Gasteiger partial charge in [0.1, 0.15) is 0 Å². The minimum absolute atomic E-state index is 0.00774. The summed E-state index contributed by atoms with van der Waals surface area (Å²) < 4.78 is 33.5. The summed E-state index contributed by atoms with van der Waals surface area (Å²) in [5.41, 5.74) is 1.20. The van der Waals surface area contributed by atoms with Gasteiger partial charge in [0.2, 0.25) is 0 Å². The number of sulfonamides is 1. The fourth-order valence-electron chi connectivity index (χ4n) is 3.03. The molecule has 3 aromatic rings. The molecule has 34 heavy (non-hydrogen) atoms. The van der Waals surface area contributed by atoms with Gasteiger partial charge >= 0.3 is 5.97 Å². The number of hydrogen-bond donors (Lipinski definition) is 1. The van der Waals surface area contributed by atoms with Gasteiger partial charge in [-0.1, -0.05) is 54.1 Å². The molecule has 0 aromatic heterocycles. The molecule has 0 aliphatic rings. The topological polar surface area (TPSA) is 92.8 Å². The number of carbonyl (C=O) groups is 2. The van der Waals surface area contributed by atoms with Crippen molar-refractivity contribution in [2.24, 2.45) is 0 Å². The highest BCUT2D eigenvalue weighted by Gasteiger charge is 2.26. The minimum Gasteiger partial charge on any atom is -0.452 e. The van der Waals surface area contributed by atoms with Gasteiger partial charge in [-0.05, 0) is 48.0 Å². The predicted molar refractivity (Wildman–Crippen MR) is 131 cm³/mol. The number of benzene rings is 3. The molecule has 0 aliphatic heterocycles. The lowest BCUT2D eigenvalue weighted by molar-refractivity contribution is -0.124. The van der Waals surface area contributed by atoms with Crippen LogP contribution < -0.4 is 9.62 Å². The lowest BCUT2D eigenvalue weighted by Gasteiger charge is -2.25. The van der Waals surface area contributed by atoms with Crippen LogP contribution >= 0.6 is 11.6 Å². The fourth-order valence-corrected chi connectivity index (χ4v) is 4.66. The van der Waals surface area contributed by atoms with Crippen LogP contribution in [0.15, 0.2) is 96.4 Å². The Hall–Kier alpha value is -3.62. The zero-order chi connectivity index (χ0) is 24.6. The van der Waals surface area contributed by atoms with Crippen LogP contribution in [-0.4, -0.2) is 33.4 Å². The Morgan fingerprint density at radius 3 is 2.38 bits per heavy atom.